The van der Waals surface area contributed by atoms with Gasteiger partial charge in [0.2, 0.25) is 5.90 Å². The topological polar surface area (TPSA) is 47.0 Å². The molecule has 6 aromatic rings. The third-order valence-corrected chi connectivity index (χ3v) is 10.7. The Morgan fingerprint density at radius 3 is 2.09 bits per heavy atom. The number of hydrogen-bond donors (Lipinski definition) is 0. The molecule has 3 heterocycles. The fourth-order valence-corrected chi connectivity index (χ4v) is 7.63. The molecule has 2 atom stereocenters. The van der Waals surface area contributed by atoms with E-state index in [1.165, 1.54) is 16.7 Å². The molecule has 0 fully saturated rings. The van der Waals surface area contributed by atoms with Gasteiger partial charge in [-0.3, -0.25) is 4.90 Å². The van der Waals surface area contributed by atoms with Crippen LogP contribution in [-0.4, -0.2) is 10.9 Å². The normalized spacial score (nSPS) is 17.5. The molecule has 5 heteroatoms. The van der Waals surface area contributed by atoms with Crippen LogP contribution in [0.3, 0.4) is 0 Å². The first-order chi connectivity index (χ1) is 25.5. The number of nitrogens with zero attached hydrogens (tertiary/aromatic N) is 3. The Labute approximate surface area is 314 Å². The van der Waals surface area contributed by atoms with Crippen molar-refractivity contribution in [1.82, 2.24) is 4.98 Å². The van der Waals surface area contributed by atoms with Gasteiger partial charge in [0.1, 0.15) is 23.4 Å². The van der Waals surface area contributed by atoms with Gasteiger partial charge in [-0.25, -0.2) is 9.98 Å². The minimum absolute atomic E-state index is 0.0191. The quantitative estimate of drug-likeness (QED) is 0.167. The zero-order valence-corrected chi connectivity index (χ0v) is 31.7. The van der Waals surface area contributed by atoms with Crippen LogP contribution in [0.15, 0.2) is 145 Å². The Balaban J connectivity index is 1.20. The average Bonchev–Trinajstić information content (AvgIpc) is 3.61. The van der Waals surface area contributed by atoms with E-state index in [9.17, 15) is 0 Å². The largest absolute Gasteiger partial charge is 0.467 e. The molecule has 0 saturated carbocycles. The highest BCUT2D eigenvalue weighted by Gasteiger charge is 2.38. The lowest BCUT2D eigenvalue weighted by Crippen LogP contribution is -2.31. The van der Waals surface area contributed by atoms with Crippen LogP contribution in [-0.2, 0) is 15.6 Å². The molecule has 0 amide bonds. The predicted molar refractivity (Wildman–Crippen MR) is 216 cm³/mol. The van der Waals surface area contributed by atoms with Gasteiger partial charge in [0, 0.05) is 23.2 Å². The minimum atomic E-state index is -0.232. The van der Waals surface area contributed by atoms with Crippen molar-refractivity contribution in [3.63, 3.8) is 0 Å². The molecule has 0 unspecified atom stereocenters. The number of hydrogen-bond acceptors (Lipinski definition) is 5. The van der Waals surface area contributed by atoms with Crippen LogP contribution in [0.25, 0.3) is 0 Å². The number of anilines is 3. The zero-order chi connectivity index (χ0) is 36.9. The Morgan fingerprint density at radius 2 is 1.38 bits per heavy atom. The van der Waals surface area contributed by atoms with Crippen molar-refractivity contribution in [1.29, 1.82) is 0 Å². The number of para-hydroxylation sites is 1. The fourth-order valence-electron chi connectivity index (χ4n) is 7.63. The first-order valence-corrected chi connectivity index (χ1v) is 18.7. The smallest absolute Gasteiger partial charge is 0.217 e. The number of fused-ring (bicyclic) bond motifs is 2. The molecule has 266 valence electrons. The molecule has 5 nitrogen and oxygen atoms in total. The lowest BCUT2D eigenvalue weighted by Gasteiger charge is -2.41. The summed E-state index contributed by atoms with van der Waals surface area (Å²) in [7, 11) is 0. The second-order valence-corrected chi connectivity index (χ2v) is 16.1. The third kappa shape index (κ3) is 6.50. The fraction of sp³-hybridized carbons (Fsp3) is 0.250. The zero-order valence-electron chi connectivity index (χ0n) is 31.7. The first kappa shape index (κ1) is 34.4. The number of aliphatic imine (C=N–C) groups is 1. The van der Waals surface area contributed by atoms with E-state index in [1.807, 2.05) is 18.3 Å². The number of rotatable bonds is 7. The van der Waals surface area contributed by atoms with Crippen LogP contribution in [0.5, 0.6) is 11.5 Å². The summed E-state index contributed by atoms with van der Waals surface area (Å²) in [4.78, 5) is 12.5. The van der Waals surface area contributed by atoms with Crippen LogP contribution in [0, 0.1) is 0 Å². The molecule has 53 heavy (non-hydrogen) atoms. The summed E-state index contributed by atoms with van der Waals surface area (Å²) in [6.45, 7) is 15.7. The second kappa shape index (κ2) is 13.4. The van der Waals surface area contributed by atoms with Gasteiger partial charge >= 0.3 is 0 Å². The Bertz CT molecular complexity index is 2300. The van der Waals surface area contributed by atoms with E-state index < -0.39 is 0 Å². The van der Waals surface area contributed by atoms with E-state index in [-0.39, 0.29) is 28.9 Å². The summed E-state index contributed by atoms with van der Waals surface area (Å²) in [5.74, 6) is 3.28. The molecule has 0 saturated heterocycles. The molecule has 0 radical (unpaired) electrons. The van der Waals surface area contributed by atoms with Crippen molar-refractivity contribution in [3.8, 4) is 11.5 Å². The summed E-state index contributed by atoms with van der Waals surface area (Å²) >= 11 is 0. The minimum Gasteiger partial charge on any atom is -0.467 e. The van der Waals surface area contributed by atoms with Gasteiger partial charge in [0.25, 0.3) is 0 Å². The maximum absolute atomic E-state index is 6.82. The van der Waals surface area contributed by atoms with Gasteiger partial charge in [-0.2, -0.15) is 0 Å². The van der Waals surface area contributed by atoms with Gasteiger partial charge in [-0.15, -0.1) is 0 Å². The maximum Gasteiger partial charge on any atom is 0.217 e. The van der Waals surface area contributed by atoms with Crippen molar-refractivity contribution in [2.24, 2.45) is 4.99 Å². The Hall–Kier alpha value is -5.68. The summed E-state index contributed by atoms with van der Waals surface area (Å²) in [6, 6.07) is 46.5. The first-order valence-electron chi connectivity index (χ1n) is 18.7. The predicted octanol–water partition coefficient (Wildman–Crippen LogP) is 12.7. The molecule has 1 aromatic heterocycles. The molecule has 0 bridgehead atoms. The summed E-state index contributed by atoms with van der Waals surface area (Å²) < 4.78 is 13.6. The van der Waals surface area contributed by atoms with Gasteiger partial charge in [-0.05, 0) is 87.2 Å². The van der Waals surface area contributed by atoms with E-state index >= 15 is 0 Å². The van der Waals surface area contributed by atoms with Gasteiger partial charge < -0.3 is 9.47 Å². The van der Waals surface area contributed by atoms with E-state index in [0.29, 0.717) is 5.90 Å². The summed E-state index contributed by atoms with van der Waals surface area (Å²) in [5.41, 5.74) is 9.94. The van der Waals surface area contributed by atoms with E-state index in [2.05, 4.69) is 175 Å². The molecule has 0 aliphatic carbocycles. The van der Waals surface area contributed by atoms with Crippen molar-refractivity contribution in [2.75, 3.05) is 4.90 Å². The highest BCUT2D eigenvalue weighted by molar-refractivity contribution is 5.96. The highest BCUT2D eigenvalue weighted by atomic mass is 16.5. The second-order valence-electron chi connectivity index (χ2n) is 16.1. The van der Waals surface area contributed by atoms with Crippen LogP contribution in [0.4, 0.5) is 17.2 Å². The molecular formula is C48H47N3O2. The van der Waals surface area contributed by atoms with Crippen molar-refractivity contribution in [2.45, 2.75) is 77.4 Å². The Morgan fingerprint density at radius 1 is 0.698 bits per heavy atom. The average molecular weight is 698 g/mol. The molecular weight excluding hydrogens is 651 g/mol. The van der Waals surface area contributed by atoms with E-state index in [0.717, 1.165) is 50.9 Å². The maximum atomic E-state index is 6.82. The number of aromatic nitrogens is 1. The SMILES string of the molecule is CC(C)c1cc(Oc2ccc3c(c2)N(c2cc(C(C)(C)C)ccn2)c2ccccc2C3(C)C)cc(C2=N[C@H](c3ccccc3)[C@@H](c3ccccc3)O2)c1. The van der Waals surface area contributed by atoms with Gasteiger partial charge in [0.15, 0.2) is 6.10 Å². The molecule has 5 aromatic carbocycles. The summed E-state index contributed by atoms with van der Waals surface area (Å²) in [5, 5.41) is 0. The van der Waals surface area contributed by atoms with Crippen molar-refractivity contribution < 1.29 is 9.47 Å². The third-order valence-electron chi connectivity index (χ3n) is 10.7. The number of pyridine rings is 1. The van der Waals surface area contributed by atoms with Crippen LogP contribution in [0.2, 0.25) is 0 Å². The molecule has 2 aliphatic rings. The molecule has 8 rings (SSSR count). The van der Waals surface area contributed by atoms with E-state index in [4.69, 9.17) is 19.5 Å². The summed E-state index contributed by atoms with van der Waals surface area (Å²) in [6.07, 6.45) is 1.69. The van der Waals surface area contributed by atoms with Crippen LogP contribution in [0.1, 0.15) is 105 Å². The lowest BCUT2D eigenvalue weighted by molar-refractivity contribution is 0.197. The van der Waals surface area contributed by atoms with Gasteiger partial charge in [-0.1, -0.05) is 133 Å². The lowest BCUT2D eigenvalue weighted by atomic mass is 9.73. The monoisotopic (exact) mass is 697 g/mol. The van der Waals surface area contributed by atoms with Crippen LogP contribution >= 0.6 is 0 Å². The van der Waals surface area contributed by atoms with Gasteiger partial charge in [0.05, 0.1) is 11.4 Å². The molecule has 0 N–H and O–H groups in total. The number of benzene rings is 5. The molecule has 0 spiro atoms. The highest BCUT2D eigenvalue weighted by Crippen LogP contribution is 2.53. The Kier molecular flexibility index (Phi) is 8.69. The van der Waals surface area contributed by atoms with Crippen molar-refractivity contribution >= 4 is 23.1 Å². The molecule has 2 aliphatic heterocycles. The van der Waals surface area contributed by atoms with Crippen LogP contribution < -0.4 is 9.64 Å². The standard InChI is InChI=1S/C48H47N3O2/c1-31(2)34-26-35(46-50-44(32-16-10-8-11-17-32)45(53-46)33-18-12-9-13-19-33)28-38(27-34)52-37-22-23-40-42(30-37)51(41-21-15-14-20-39(41)48(40,6)7)43-29-36(24-25-49-43)47(3,4)5/h8-31,44-45H,1-7H3/t44-,45-/m1/s1. The number of ether oxygens (including phenoxy) is 2. The van der Waals surface area contributed by atoms with Crippen molar-refractivity contribution in [3.05, 3.63) is 179 Å². The van der Waals surface area contributed by atoms with E-state index in [1.54, 1.807) is 0 Å².